The smallest absolute Gasteiger partial charge is 0.238 e. The number of carbonyl (C=O) groups excluding carboxylic acids is 2. The van der Waals surface area contributed by atoms with Crippen LogP contribution in [0, 0.1) is 5.82 Å². The molecule has 7 heteroatoms. The lowest BCUT2D eigenvalue weighted by Gasteiger charge is -2.17. The van der Waals surface area contributed by atoms with Gasteiger partial charge in [-0.2, -0.15) is 0 Å². The first-order chi connectivity index (χ1) is 12.4. The van der Waals surface area contributed by atoms with Gasteiger partial charge in [-0.3, -0.25) is 14.5 Å². The summed E-state index contributed by atoms with van der Waals surface area (Å²) in [6, 6.07) is 9.38. The van der Waals surface area contributed by atoms with Crippen molar-refractivity contribution in [1.82, 2.24) is 4.90 Å². The van der Waals surface area contributed by atoms with Crippen molar-refractivity contribution in [1.29, 1.82) is 0 Å². The summed E-state index contributed by atoms with van der Waals surface area (Å²) in [4.78, 5) is 25.9. The highest BCUT2D eigenvalue weighted by molar-refractivity contribution is 6.05. The minimum atomic E-state index is -0.313. The first-order valence-corrected chi connectivity index (χ1v) is 8.10. The quantitative estimate of drug-likeness (QED) is 0.805. The Labute approximate surface area is 150 Å². The molecule has 0 bridgehead atoms. The molecule has 1 heterocycles. The molecule has 1 aliphatic rings. The Morgan fingerprint density at radius 1 is 1.19 bits per heavy atom. The lowest BCUT2D eigenvalue weighted by molar-refractivity contribution is -0.117. The molecule has 0 saturated carbocycles. The van der Waals surface area contributed by atoms with Crippen molar-refractivity contribution in [2.45, 2.75) is 13.5 Å². The molecule has 0 saturated heterocycles. The summed E-state index contributed by atoms with van der Waals surface area (Å²) >= 11 is 0. The molecule has 3 rings (SSSR count). The van der Waals surface area contributed by atoms with Crippen LogP contribution in [0.15, 0.2) is 36.4 Å². The minimum absolute atomic E-state index is 0.0838. The maximum atomic E-state index is 13.2. The number of rotatable bonds is 6. The van der Waals surface area contributed by atoms with E-state index < -0.39 is 0 Å². The van der Waals surface area contributed by atoms with Gasteiger partial charge in [-0.1, -0.05) is 12.1 Å². The summed E-state index contributed by atoms with van der Waals surface area (Å²) in [6.45, 7) is 2.01. The van der Waals surface area contributed by atoms with Crippen molar-refractivity contribution in [2.75, 3.05) is 25.7 Å². The Bertz CT molecular complexity index is 853. The van der Waals surface area contributed by atoms with Gasteiger partial charge in [-0.25, -0.2) is 4.39 Å². The summed E-state index contributed by atoms with van der Waals surface area (Å²) in [7, 11) is 1.76. The van der Waals surface area contributed by atoms with Crippen molar-refractivity contribution >= 4 is 17.4 Å². The second-order valence-corrected chi connectivity index (χ2v) is 6.16. The van der Waals surface area contributed by atoms with E-state index in [9.17, 15) is 14.0 Å². The minimum Gasteiger partial charge on any atom is -0.454 e. The number of likely N-dealkylation sites (N-methyl/N-ethyl adjacent to an activating group) is 1. The number of nitrogens with zero attached hydrogens (tertiary/aromatic N) is 1. The monoisotopic (exact) mass is 358 g/mol. The van der Waals surface area contributed by atoms with E-state index in [1.807, 2.05) is 0 Å². The van der Waals surface area contributed by atoms with Gasteiger partial charge in [-0.05, 0) is 37.7 Å². The predicted molar refractivity (Wildman–Crippen MR) is 93.9 cm³/mol. The Balaban J connectivity index is 1.67. The predicted octanol–water partition coefficient (Wildman–Crippen LogP) is 2.83. The molecule has 1 aliphatic heterocycles. The topological polar surface area (TPSA) is 67.9 Å². The zero-order chi connectivity index (χ0) is 18.7. The summed E-state index contributed by atoms with van der Waals surface area (Å²) in [5, 5.41) is 2.74. The maximum Gasteiger partial charge on any atom is 0.238 e. The number of benzene rings is 2. The van der Waals surface area contributed by atoms with Crippen LogP contribution in [0.25, 0.3) is 0 Å². The summed E-state index contributed by atoms with van der Waals surface area (Å²) < 4.78 is 23.8. The third-order valence-electron chi connectivity index (χ3n) is 3.92. The molecule has 0 spiro atoms. The molecule has 2 aromatic carbocycles. The molecule has 1 N–H and O–H groups in total. The second-order valence-electron chi connectivity index (χ2n) is 6.16. The number of hydrogen-bond acceptors (Lipinski definition) is 5. The Morgan fingerprint density at radius 2 is 1.92 bits per heavy atom. The van der Waals surface area contributed by atoms with Crippen LogP contribution in [0.5, 0.6) is 11.5 Å². The zero-order valence-corrected chi connectivity index (χ0v) is 14.5. The van der Waals surface area contributed by atoms with Crippen LogP contribution in [0.3, 0.4) is 0 Å². The van der Waals surface area contributed by atoms with E-state index in [4.69, 9.17) is 9.47 Å². The Hall–Kier alpha value is -2.93. The van der Waals surface area contributed by atoms with E-state index in [2.05, 4.69) is 5.32 Å². The van der Waals surface area contributed by atoms with Gasteiger partial charge in [0.15, 0.2) is 17.3 Å². The SMILES string of the molecule is CC(=O)c1cc2c(cc1NC(=O)CN(C)Cc1cccc(F)c1)OCO2. The molecule has 0 aromatic heterocycles. The van der Waals surface area contributed by atoms with Crippen molar-refractivity contribution < 1.29 is 23.5 Å². The van der Waals surface area contributed by atoms with Crippen molar-refractivity contribution in [3.8, 4) is 11.5 Å². The van der Waals surface area contributed by atoms with Gasteiger partial charge in [0.05, 0.1) is 12.2 Å². The highest BCUT2D eigenvalue weighted by Gasteiger charge is 2.20. The molecule has 1 amide bonds. The van der Waals surface area contributed by atoms with E-state index in [1.165, 1.54) is 19.1 Å². The van der Waals surface area contributed by atoms with Gasteiger partial charge >= 0.3 is 0 Å². The Kier molecular flexibility index (Phi) is 5.18. The van der Waals surface area contributed by atoms with Gasteiger partial charge in [0, 0.05) is 18.2 Å². The number of carbonyl (C=O) groups is 2. The second kappa shape index (κ2) is 7.53. The number of amides is 1. The molecule has 2 aromatic rings. The first kappa shape index (κ1) is 17.9. The fraction of sp³-hybridized carbons (Fsp3) is 0.263. The third-order valence-corrected chi connectivity index (χ3v) is 3.92. The van der Waals surface area contributed by atoms with Gasteiger partial charge in [0.2, 0.25) is 12.7 Å². The zero-order valence-electron chi connectivity index (χ0n) is 14.5. The van der Waals surface area contributed by atoms with Crippen LogP contribution in [0.2, 0.25) is 0 Å². The molecule has 136 valence electrons. The van der Waals surface area contributed by atoms with Gasteiger partial charge < -0.3 is 14.8 Å². The van der Waals surface area contributed by atoms with Crippen molar-refractivity contribution in [3.05, 3.63) is 53.3 Å². The molecule has 0 aliphatic carbocycles. The lowest BCUT2D eigenvalue weighted by atomic mass is 10.1. The van der Waals surface area contributed by atoms with E-state index in [1.54, 1.807) is 36.2 Å². The molecule has 0 atom stereocenters. The van der Waals surface area contributed by atoms with Gasteiger partial charge in [0.1, 0.15) is 5.82 Å². The van der Waals surface area contributed by atoms with E-state index in [-0.39, 0.29) is 30.8 Å². The van der Waals surface area contributed by atoms with Gasteiger partial charge in [0.25, 0.3) is 0 Å². The van der Waals surface area contributed by atoms with Crippen LogP contribution in [-0.4, -0.2) is 37.0 Å². The standard InChI is InChI=1S/C19H19FN2O4/c1-12(23)15-7-17-18(26-11-25-17)8-16(15)21-19(24)10-22(2)9-13-4-3-5-14(20)6-13/h3-8H,9-11H2,1-2H3,(H,21,24). The summed E-state index contributed by atoms with van der Waals surface area (Å²) in [5.74, 6) is 0.179. The van der Waals surface area contributed by atoms with Crippen LogP contribution >= 0.6 is 0 Å². The fourth-order valence-electron chi connectivity index (χ4n) is 2.77. The number of nitrogens with one attached hydrogen (secondary N) is 1. The number of anilines is 1. The highest BCUT2D eigenvalue weighted by Crippen LogP contribution is 2.37. The number of ketones is 1. The largest absolute Gasteiger partial charge is 0.454 e. The van der Waals surface area contributed by atoms with Gasteiger partial charge in [-0.15, -0.1) is 0 Å². The molecule has 0 unspecified atom stereocenters. The maximum absolute atomic E-state index is 13.2. The first-order valence-electron chi connectivity index (χ1n) is 8.10. The number of ether oxygens (including phenoxy) is 2. The number of halogens is 1. The summed E-state index contributed by atoms with van der Waals surface area (Å²) in [6.07, 6.45) is 0. The van der Waals surface area contributed by atoms with Crippen molar-refractivity contribution in [3.63, 3.8) is 0 Å². The molecule has 6 nitrogen and oxygen atoms in total. The third kappa shape index (κ3) is 4.18. The van der Waals surface area contributed by atoms with Crippen molar-refractivity contribution in [2.24, 2.45) is 0 Å². The van der Waals surface area contributed by atoms with Crippen LogP contribution in [-0.2, 0) is 11.3 Å². The average Bonchev–Trinajstić information content (AvgIpc) is 3.00. The molecule has 0 radical (unpaired) electrons. The molecular weight excluding hydrogens is 339 g/mol. The Morgan fingerprint density at radius 3 is 2.62 bits per heavy atom. The van der Waals surface area contributed by atoms with E-state index >= 15 is 0 Å². The van der Waals surface area contributed by atoms with Crippen LogP contribution in [0.1, 0.15) is 22.8 Å². The number of Topliss-reactive ketones (excluding diaryl/α,β-unsaturated/α-hetero) is 1. The molecular formula is C19H19FN2O4. The lowest BCUT2D eigenvalue weighted by Crippen LogP contribution is -2.30. The van der Waals surface area contributed by atoms with E-state index in [0.29, 0.717) is 29.3 Å². The summed E-state index contributed by atoms with van der Waals surface area (Å²) in [5.41, 5.74) is 1.51. The van der Waals surface area contributed by atoms with Crippen LogP contribution in [0.4, 0.5) is 10.1 Å². The normalized spacial score (nSPS) is 12.3. The van der Waals surface area contributed by atoms with Crippen LogP contribution < -0.4 is 14.8 Å². The molecule has 26 heavy (non-hydrogen) atoms. The number of hydrogen-bond donors (Lipinski definition) is 1. The average molecular weight is 358 g/mol. The molecule has 0 fully saturated rings. The highest BCUT2D eigenvalue weighted by atomic mass is 19.1. The number of fused-ring (bicyclic) bond motifs is 1. The van der Waals surface area contributed by atoms with E-state index in [0.717, 1.165) is 5.56 Å². The fourth-order valence-corrected chi connectivity index (χ4v) is 2.77.